The SMILES string of the molecule is OCC1=C[C@@](COCc2ccccc2)(OCc2ccccc2)[C@@H](OCc2ccccc2)[C@@H]1OCc1ccccc1. The fourth-order valence-corrected chi connectivity index (χ4v) is 4.99. The van der Waals surface area contributed by atoms with Crippen LogP contribution < -0.4 is 0 Å². The second-order valence-electron chi connectivity index (χ2n) is 10.0. The molecule has 0 spiro atoms. The standard InChI is InChI=1S/C35H36O5/c36-22-32-21-35(40-26-31-19-11-4-12-20-31,27-37-23-28-13-5-1-6-14-28)34(39-25-30-17-9-3-10-18-30)33(32)38-24-29-15-7-2-8-16-29/h1-21,33-34,36H,22-27H2/t33-,34+,35+/m1/s1. The van der Waals surface area contributed by atoms with Gasteiger partial charge in [-0.1, -0.05) is 121 Å². The van der Waals surface area contributed by atoms with Crippen molar-refractivity contribution >= 4 is 0 Å². The summed E-state index contributed by atoms with van der Waals surface area (Å²) in [5, 5.41) is 10.5. The first-order valence-corrected chi connectivity index (χ1v) is 13.7. The lowest BCUT2D eigenvalue weighted by molar-refractivity contribution is -0.185. The molecule has 0 heterocycles. The maximum Gasteiger partial charge on any atom is 0.139 e. The maximum absolute atomic E-state index is 10.5. The molecular formula is C35H36O5. The van der Waals surface area contributed by atoms with E-state index in [4.69, 9.17) is 18.9 Å². The third-order valence-corrected chi connectivity index (χ3v) is 7.07. The monoisotopic (exact) mass is 536 g/mol. The Morgan fingerprint density at radius 2 is 1.00 bits per heavy atom. The minimum absolute atomic E-state index is 0.167. The van der Waals surface area contributed by atoms with Crippen LogP contribution in [0.25, 0.3) is 0 Å². The second-order valence-corrected chi connectivity index (χ2v) is 10.0. The lowest BCUT2D eigenvalue weighted by Gasteiger charge is -2.37. The van der Waals surface area contributed by atoms with Crippen LogP contribution in [0.5, 0.6) is 0 Å². The summed E-state index contributed by atoms with van der Waals surface area (Å²) < 4.78 is 26.1. The van der Waals surface area contributed by atoms with Crippen LogP contribution in [0.15, 0.2) is 133 Å². The summed E-state index contributed by atoms with van der Waals surface area (Å²) in [6.07, 6.45) is 0.912. The molecule has 5 heteroatoms. The predicted octanol–water partition coefficient (Wildman–Crippen LogP) is 6.26. The van der Waals surface area contributed by atoms with E-state index < -0.39 is 17.8 Å². The molecule has 0 saturated heterocycles. The van der Waals surface area contributed by atoms with Crippen LogP contribution in [-0.4, -0.2) is 36.1 Å². The highest BCUT2D eigenvalue weighted by Crippen LogP contribution is 2.39. The molecule has 1 aliphatic carbocycles. The van der Waals surface area contributed by atoms with E-state index in [1.807, 2.05) is 127 Å². The first-order chi connectivity index (χ1) is 19.8. The molecule has 0 unspecified atom stereocenters. The Bertz CT molecular complexity index is 1310. The van der Waals surface area contributed by atoms with Gasteiger partial charge < -0.3 is 24.1 Å². The van der Waals surface area contributed by atoms with Crippen molar-refractivity contribution in [3.05, 3.63) is 155 Å². The van der Waals surface area contributed by atoms with Crippen LogP contribution in [0.3, 0.4) is 0 Å². The number of aliphatic hydroxyl groups excluding tert-OH is 1. The smallest absolute Gasteiger partial charge is 0.139 e. The summed E-state index contributed by atoms with van der Waals surface area (Å²) in [6.45, 7) is 1.62. The number of hydrogen-bond acceptors (Lipinski definition) is 5. The Kier molecular flexibility index (Phi) is 9.91. The van der Waals surface area contributed by atoms with Gasteiger partial charge in [-0.25, -0.2) is 0 Å². The zero-order chi connectivity index (χ0) is 27.5. The lowest BCUT2D eigenvalue weighted by Crippen LogP contribution is -2.51. The van der Waals surface area contributed by atoms with Gasteiger partial charge in [0.25, 0.3) is 0 Å². The van der Waals surface area contributed by atoms with Crippen molar-refractivity contribution in [2.75, 3.05) is 13.2 Å². The topological polar surface area (TPSA) is 57.2 Å². The molecule has 0 saturated carbocycles. The fourth-order valence-electron chi connectivity index (χ4n) is 4.99. The van der Waals surface area contributed by atoms with Gasteiger partial charge in [0, 0.05) is 0 Å². The molecule has 0 amide bonds. The van der Waals surface area contributed by atoms with Crippen molar-refractivity contribution in [3.8, 4) is 0 Å². The summed E-state index contributed by atoms with van der Waals surface area (Å²) in [4.78, 5) is 0. The number of ether oxygens (including phenoxy) is 4. The zero-order valence-electron chi connectivity index (χ0n) is 22.6. The average molecular weight is 537 g/mol. The van der Waals surface area contributed by atoms with E-state index in [9.17, 15) is 5.11 Å². The zero-order valence-corrected chi connectivity index (χ0v) is 22.6. The van der Waals surface area contributed by atoms with Gasteiger partial charge in [-0.15, -0.1) is 0 Å². The van der Waals surface area contributed by atoms with Crippen LogP contribution in [0, 0.1) is 0 Å². The Balaban J connectivity index is 1.43. The molecule has 0 bridgehead atoms. The molecule has 0 fully saturated rings. The highest BCUT2D eigenvalue weighted by atomic mass is 16.6. The third kappa shape index (κ3) is 7.33. The van der Waals surface area contributed by atoms with Gasteiger partial charge in [-0.3, -0.25) is 0 Å². The normalized spacial score (nSPS) is 20.4. The average Bonchev–Trinajstić information content (AvgIpc) is 3.32. The van der Waals surface area contributed by atoms with Gasteiger partial charge >= 0.3 is 0 Å². The Hall–Kier alpha value is -3.58. The molecule has 0 radical (unpaired) electrons. The first-order valence-electron chi connectivity index (χ1n) is 13.7. The lowest BCUT2D eigenvalue weighted by atomic mass is 9.99. The van der Waals surface area contributed by atoms with Crippen LogP contribution in [0.1, 0.15) is 22.3 Å². The van der Waals surface area contributed by atoms with Crippen LogP contribution in [0.2, 0.25) is 0 Å². The van der Waals surface area contributed by atoms with Crippen LogP contribution in [-0.2, 0) is 45.4 Å². The molecular weight excluding hydrogens is 500 g/mol. The predicted molar refractivity (Wildman–Crippen MR) is 155 cm³/mol. The van der Waals surface area contributed by atoms with Crippen LogP contribution in [0.4, 0.5) is 0 Å². The Morgan fingerprint density at radius 1 is 0.550 bits per heavy atom. The third-order valence-electron chi connectivity index (χ3n) is 7.07. The molecule has 0 aromatic heterocycles. The van der Waals surface area contributed by atoms with Gasteiger partial charge in [0.2, 0.25) is 0 Å². The second kappa shape index (κ2) is 14.2. The minimum Gasteiger partial charge on any atom is -0.392 e. The largest absolute Gasteiger partial charge is 0.392 e. The summed E-state index contributed by atoms with van der Waals surface area (Å²) in [5.41, 5.74) is 3.96. The minimum atomic E-state index is -0.973. The molecule has 40 heavy (non-hydrogen) atoms. The molecule has 0 aliphatic heterocycles. The highest BCUT2D eigenvalue weighted by molar-refractivity contribution is 5.31. The van der Waals surface area contributed by atoms with E-state index in [1.165, 1.54) is 0 Å². The van der Waals surface area contributed by atoms with Gasteiger partial charge in [-0.2, -0.15) is 0 Å². The molecule has 4 aromatic carbocycles. The van der Waals surface area contributed by atoms with E-state index in [1.54, 1.807) is 0 Å². The molecule has 5 rings (SSSR count). The Labute approximate surface area is 236 Å². The fraction of sp³-hybridized carbons (Fsp3) is 0.257. The first kappa shape index (κ1) is 28.0. The van der Waals surface area contributed by atoms with E-state index in [0.29, 0.717) is 26.4 Å². The van der Waals surface area contributed by atoms with E-state index >= 15 is 0 Å². The number of aliphatic hydroxyl groups is 1. The molecule has 206 valence electrons. The molecule has 1 N–H and O–H groups in total. The highest BCUT2D eigenvalue weighted by Gasteiger charge is 2.51. The summed E-state index contributed by atoms with van der Waals surface area (Å²) >= 11 is 0. The number of rotatable bonds is 14. The summed E-state index contributed by atoms with van der Waals surface area (Å²) in [7, 11) is 0. The van der Waals surface area contributed by atoms with Crippen molar-refractivity contribution < 1.29 is 24.1 Å². The molecule has 5 nitrogen and oxygen atoms in total. The van der Waals surface area contributed by atoms with Gasteiger partial charge in [0.05, 0.1) is 39.6 Å². The summed E-state index contributed by atoms with van der Waals surface area (Å²) in [6, 6.07) is 40.2. The van der Waals surface area contributed by atoms with Gasteiger partial charge in [0.1, 0.15) is 17.8 Å². The van der Waals surface area contributed by atoms with Crippen molar-refractivity contribution in [1.82, 2.24) is 0 Å². The van der Waals surface area contributed by atoms with Crippen molar-refractivity contribution in [2.45, 2.75) is 44.2 Å². The molecule has 4 aromatic rings. The van der Waals surface area contributed by atoms with Gasteiger partial charge in [0.15, 0.2) is 0 Å². The van der Waals surface area contributed by atoms with E-state index in [-0.39, 0.29) is 13.2 Å². The molecule has 1 aliphatic rings. The van der Waals surface area contributed by atoms with Crippen molar-refractivity contribution in [1.29, 1.82) is 0 Å². The van der Waals surface area contributed by atoms with E-state index in [2.05, 4.69) is 0 Å². The number of benzene rings is 4. The van der Waals surface area contributed by atoms with Crippen LogP contribution >= 0.6 is 0 Å². The van der Waals surface area contributed by atoms with Gasteiger partial charge in [-0.05, 0) is 33.9 Å². The van der Waals surface area contributed by atoms with E-state index in [0.717, 1.165) is 27.8 Å². The molecule has 3 atom stereocenters. The van der Waals surface area contributed by atoms with Crippen molar-refractivity contribution in [2.24, 2.45) is 0 Å². The van der Waals surface area contributed by atoms with Crippen molar-refractivity contribution in [3.63, 3.8) is 0 Å². The maximum atomic E-state index is 10.5. The summed E-state index contributed by atoms with van der Waals surface area (Å²) in [5.74, 6) is 0. The quantitative estimate of drug-likeness (QED) is 0.193. The Morgan fingerprint density at radius 3 is 1.50 bits per heavy atom. The number of hydrogen-bond donors (Lipinski definition) is 1.